The topological polar surface area (TPSA) is 75.6 Å². The fourth-order valence-corrected chi connectivity index (χ4v) is 4.94. The van der Waals surface area contributed by atoms with Gasteiger partial charge >= 0.3 is 0 Å². The third-order valence-corrected chi connectivity index (χ3v) is 6.91. The van der Waals surface area contributed by atoms with Gasteiger partial charge in [-0.3, -0.25) is 14.2 Å². The van der Waals surface area contributed by atoms with E-state index >= 15 is 0 Å². The largest absolute Gasteiger partial charge is 0.453 e. The first-order valence-electron chi connectivity index (χ1n) is 10.3. The van der Waals surface area contributed by atoms with Crippen molar-refractivity contribution in [1.82, 2.24) is 15.6 Å². The zero-order valence-corrected chi connectivity index (χ0v) is 18.3. The minimum Gasteiger partial charge on any atom is -0.453 e. The van der Waals surface area contributed by atoms with E-state index < -0.39 is 16.6 Å². The molecule has 0 saturated heterocycles. The van der Waals surface area contributed by atoms with Crippen molar-refractivity contribution in [2.75, 3.05) is 12.8 Å². The highest BCUT2D eigenvalue weighted by Gasteiger charge is 2.26. The van der Waals surface area contributed by atoms with Crippen molar-refractivity contribution in [3.05, 3.63) is 54.1 Å². The highest BCUT2D eigenvalue weighted by molar-refractivity contribution is 7.85. The van der Waals surface area contributed by atoms with E-state index in [0.29, 0.717) is 24.0 Å². The van der Waals surface area contributed by atoms with Crippen LogP contribution >= 0.6 is 0 Å². The van der Waals surface area contributed by atoms with Gasteiger partial charge in [0, 0.05) is 47.6 Å². The van der Waals surface area contributed by atoms with Gasteiger partial charge in [-0.2, -0.15) is 0 Å². The summed E-state index contributed by atoms with van der Waals surface area (Å²) in [6.45, 7) is 2.40. The molecule has 8 heteroatoms. The maximum absolute atomic E-state index is 14.4. The average molecular weight is 433 g/mol. The van der Waals surface area contributed by atoms with Crippen molar-refractivity contribution in [3.8, 4) is 11.5 Å². The molecule has 1 fully saturated rings. The van der Waals surface area contributed by atoms with Gasteiger partial charge < -0.3 is 15.4 Å². The molecule has 0 aliphatic heterocycles. The normalized spacial score (nSPS) is 20.4. The minimum atomic E-state index is -0.762. The molecule has 2 aromatic rings. The Hall–Kier alpha value is -2.48. The molecule has 3 atom stereocenters. The number of halogens is 1. The Morgan fingerprint density at radius 1 is 1.37 bits per heavy atom. The molecule has 1 aromatic heterocycles. The predicted octanol–water partition coefficient (Wildman–Crippen LogP) is 3.76. The minimum absolute atomic E-state index is 0.159. The highest BCUT2D eigenvalue weighted by atomic mass is 32.2. The van der Waals surface area contributed by atoms with Crippen LogP contribution < -0.4 is 15.4 Å². The Morgan fingerprint density at radius 3 is 2.93 bits per heavy atom. The molecule has 0 radical (unpaired) electrons. The van der Waals surface area contributed by atoms with Crippen LogP contribution in [0.5, 0.6) is 11.5 Å². The average Bonchev–Trinajstić information content (AvgIpc) is 2.78. The number of ether oxygens (including phenoxy) is 1. The van der Waals surface area contributed by atoms with Crippen molar-refractivity contribution < 1.29 is 13.3 Å². The molecule has 1 saturated carbocycles. The molecule has 1 heterocycles. The van der Waals surface area contributed by atoms with Gasteiger partial charge in [-0.15, -0.1) is 0 Å². The Kier molecular flexibility index (Phi) is 8.19. The molecule has 162 valence electrons. The number of rotatable bonds is 7. The Labute approximate surface area is 179 Å². The monoisotopic (exact) mass is 432 g/mol. The van der Waals surface area contributed by atoms with Crippen molar-refractivity contribution in [2.24, 2.45) is 4.99 Å². The smallest absolute Gasteiger partial charge is 0.191 e. The van der Waals surface area contributed by atoms with Crippen molar-refractivity contribution in [3.63, 3.8) is 0 Å². The molecule has 6 nitrogen and oxygen atoms in total. The van der Waals surface area contributed by atoms with Crippen molar-refractivity contribution in [2.45, 2.75) is 50.4 Å². The molecule has 0 spiro atoms. The summed E-state index contributed by atoms with van der Waals surface area (Å²) in [6.07, 6.45) is 7.18. The van der Waals surface area contributed by atoms with Crippen LogP contribution in [0.1, 0.15) is 38.2 Å². The molecule has 0 amide bonds. The second-order valence-corrected chi connectivity index (χ2v) is 9.29. The lowest BCUT2D eigenvalue weighted by molar-refractivity contribution is 0.413. The van der Waals surface area contributed by atoms with E-state index in [1.54, 1.807) is 31.4 Å². The van der Waals surface area contributed by atoms with E-state index in [9.17, 15) is 8.60 Å². The van der Waals surface area contributed by atoms with Crippen LogP contribution in [0, 0.1) is 5.82 Å². The number of aliphatic imine (C=N–C) groups is 1. The van der Waals surface area contributed by atoms with E-state index in [-0.39, 0.29) is 17.0 Å². The van der Waals surface area contributed by atoms with Crippen LogP contribution in [-0.2, 0) is 17.3 Å². The zero-order valence-electron chi connectivity index (χ0n) is 17.4. The summed E-state index contributed by atoms with van der Waals surface area (Å²) in [5.41, 5.74) is 0.780. The lowest BCUT2D eigenvalue weighted by atomic mass is 9.95. The summed E-state index contributed by atoms with van der Waals surface area (Å²) in [6, 6.07) is 8.59. The van der Waals surface area contributed by atoms with Crippen molar-refractivity contribution >= 4 is 16.8 Å². The number of hydrogen-bond acceptors (Lipinski definition) is 4. The van der Waals surface area contributed by atoms with E-state index in [4.69, 9.17) is 4.74 Å². The first-order valence-corrected chi connectivity index (χ1v) is 11.7. The quantitative estimate of drug-likeness (QED) is 0.515. The van der Waals surface area contributed by atoms with Crippen LogP contribution in [0.2, 0.25) is 0 Å². The molecule has 1 aromatic carbocycles. The van der Waals surface area contributed by atoms with Gasteiger partial charge in [-0.1, -0.05) is 19.4 Å². The molecule has 30 heavy (non-hydrogen) atoms. The Balaban J connectivity index is 1.53. The standard InChI is InChI=1S/C22H29FN4O2S/c1-3-30(28)19-8-4-6-17(13-19)27-22(24-2)26-14-16-9-10-21(20(23)12-16)29-18-7-5-11-25-15-18/h5,7,9-12,15,17,19H,3-4,6,8,13-14H2,1-2H3,(H2,24,26,27). The number of nitrogens with zero attached hydrogens (tertiary/aromatic N) is 2. The van der Waals surface area contributed by atoms with Crippen LogP contribution in [-0.4, -0.2) is 39.2 Å². The molecule has 1 aliphatic rings. The van der Waals surface area contributed by atoms with Gasteiger partial charge in [-0.05, 0) is 49.1 Å². The predicted molar refractivity (Wildman–Crippen MR) is 119 cm³/mol. The van der Waals surface area contributed by atoms with Gasteiger partial charge in [-0.25, -0.2) is 4.39 Å². The van der Waals surface area contributed by atoms with Crippen LogP contribution in [0.25, 0.3) is 0 Å². The van der Waals surface area contributed by atoms with Crippen molar-refractivity contribution in [1.29, 1.82) is 0 Å². The highest BCUT2D eigenvalue weighted by Crippen LogP contribution is 2.25. The van der Waals surface area contributed by atoms with Gasteiger partial charge in [0.25, 0.3) is 0 Å². The van der Waals surface area contributed by atoms with Crippen LogP contribution in [0.4, 0.5) is 4.39 Å². The van der Waals surface area contributed by atoms with E-state index in [1.165, 1.54) is 12.3 Å². The second-order valence-electron chi connectivity index (χ2n) is 7.28. The summed E-state index contributed by atoms with van der Waals surface area (Å²) in [5, 5.41) is 6.91. The zero-order chi connectivity index (χ0) is 21.3. The number of benzene rings is 1. The van der Waals surface area contributed by atoms with E-state index in [0.717, 1.165) is 31.2 Å². The van der Waals surface area contributed by atoms with Gasteiger partial charge in [0.1, 0.15) is 5.75 Å². The summed E-state index contributed by atoms with van der Waals surface area (Å²) >= 11 is 0. The summed E-state index contributed by atoms with van der Waals surface area (Å²) in [4.78, 5) is 8.23. The number of hydrogen-bond donors (Lipinski definition) is 2. The number of guanidine groups is 1. The van der Waals surface area contributed by atoms with E-state index in [2.05, 4.69) is 20.6 Å². The molecule has 1 aliphatic carbocycles. The SMILES string of the molecule is CCS(=O)C1CCCC(NC(=NC)NCc2ccc(Oc3cccnc3)c(F)c2)C1. The summed E-state index contributed by atoms with van der Waals surface area (Å²) in [5.74, 6) is 1.58. The first kappa shape index (κ1) is 22.2. The first-order chi connectivity index (χ1) is 14.6. The fourth-order valence-electron chi connectivity index (χ4n) is 3.60. The van der Waals surface area contributed by atoms with E-state index in [1.807, 2.05) is 13.0 Å². The lowest BCUT2D eigenvalue weighted by Crippen LogP contribution is -2.46. The maximum Gasteiger partial charge on any atom is 0.191 e. The third-order valence-electron chi connectivity index (χ3n) is 5.17. The summed E-state index contributed by atoms with van der Waals surface area (Å²) < 4.78 is 32.1. The lowest BCUT2D eigenvalue weighted by Gasteiger charge is -2.30. The molecule has 2 N–H and O–H groups in total. The third kappa shape index (κ3) is 6.26. The second kappa shape index (κ2) is 11.1. The Bertz CT molecular complexity index is 879. The number of nitrogens with one attached hydrogen (secondary N) is 2. The van der Waals surface area contributed by atoms with Gasteiger partial charge in [0.2, 0.25) is 0 Å². The molecule has 3 rings (SSSR count). The van der Waals surface area contributed by atoms with Gasteiger partial charge in [0.15, 0.2) is 17.5 Å². The molecular formula is C22H29FN4O2S. The van der Waals surface area contributed by atoms with Gasteiger partial charge in [0.05, 0.1) is 6.20 Å². The maximum atomic E-state index is 14.4. The Morgan fingerprint density at radius 2 is 2.23 bits per heavy atom. The number of aromatic nitrogens is 1. The van der Waals surface area contributed by atoms with Crippen LogP contribution in [0.15, 0.2) is 47.7 Å². The fraction of sp³-hybridized carbons (Fsp3) is 0.455. The number of pyridine rings is 1. The molecular weight excluding hydrogens is 403 g/mol. The summed E-state index contributed by atoms with van der Waals surface area (Å²) in [7, 11) is 0.952. The molecule has 3 unspecified atom stereocenters. The molecule has 0 bridgehead atoms. The van der Waals surface area contributed by atoms with Crippen LogP contribution in [0.3, 0.4) is 0 Å².